The van der Waals surface area contributed by atoms with E-state index >= 15 is 0 Å². The number of benzene rings is 1. The molecule has 148 valence electrons. The number of aryl methyl sites for hydroxylation is 1. The lowest BCUT2D eigenvalue weighted by Crippen LogP contribution is -2.34. The van der Waals surface area contributed by atoms with Gasteiger partial charge >= 0.3 is 6.03 Å². The lowest BCUT2D eigenvalue weighted by Gasteiger charge is -2.20. The fourth-order valence-electron chi connectivity index (χ4n) is 2.54. The second-order valence-corrected chi connectivity index (χ2v) is 5.81. The van der Waals surface area contributed by atoms with Crippen molar-refractivity contribution in [3.05, 3.63) is 41.6 Å². The minimum atomic E-state index is -0.731. The second kappa shape index (κ2) is 9.45. The van der Waals surface area contributed by atoms with Crippen LogP contribution < -0.4 is 15.0 Å². The zero-order chi connectivity index (χ0) is 20.7. The summed E-state index contributed by atoms with van der Waals surface area (Å²) in [5.74, 6) is 0.195. The number of anilines is 2. The van der Waals surface area contributed by atoms with E-state index in [0.29, 0.717) is 42.3 Å². The van der Waals surface area contributed by atoms with Gasteiger partial charge in [0, 0.05) is 30.4 Å². The van der Waals surface area contributed by atoms with Crippen LogP contribution in [0.2, 0.25) is 0 Å². The molecule has 0 unspecified atom stereocenters. The molecular formula is C19H23N5O4. The minimum absolute atomic E-state index is 0.0158. The Morgan fingerprint density at radius 2 is 1.79 bits per heavy atom. The smallest absolute Gasteiger partial charge is 0.335 e. The van der Waals surface area contributed by atoms with Crippen molar-refractivity contribution >= 4 is 30.0 Å². The van der Waals surface area contributed by atoms with E-state index in [-0.39, 0.29) is 11.9 Å². The van der Waals surface area contributed by atoms with E-state index in [1.54, 1.807) is 30.0 Å². The van der Waals surface area contributed by atoms with Crippen LogP contribution in [-0.4, -0.2) is 53.4 Å². The third-order valence-corrected chi connectivity index (χ3v) is 4.03. The number of nitrogens with one attached hydrogen (secondary N) is 1. The Bertz CT molecular complexity index is 850. The second-order valence-electron chi connectivity index (χ2n) is 5.81. The maximum atomic E-state index is 12.5. The van der Waals surface area contributed by atoms with Crippen molar-refractivity contribution in [2.45, 2.75) is 20.8 Å². The van der Waals surface area contributed by atoms with Gasteiger partial charge in [0.1, 0.15) is 0 Å². The number of amides is 4. The summed E-state index contributed by atoms with van der Waals surface area (Å²) in [4.78, 5) is 47.0. The molecule has 2 aromatic rings. The van der Waals surface area contributed by atoms with Gasteiger partial charge in [-0.1, -0.05) is 0 Å². The molecule has 0 atom stereocenters. The van der Waals surface area contributed by atoms with Crippen LogP contribution in [0.25, 0.3) is 0 Å². The molecule has 1 aromatic carbocycles. The SMILES string of the molecule is CCN(CC)C(=O)c1ccc(N(C=O)C(=O)Nc2nc(C)cc(OC)n2)cc1. The number of hydrogen-bond donors (Lipinski definition) is 1. The summed E-state index contributed by atoms with van der Waals surface area (Å²) in [6.07, 6.45) is 0.379. The topological polar surface area (TPSA) is 105 Å². The number of urea groups is 1. The van der Waals surface area contributed by atoms with Crippen LogP contribution >= 0.6 is 0 Å². The molecule has 0 saturated carbocycles. The van der Waals surface area contributed by atoms with Crippen LogP contribution in [0.15, 0.2) is 30.3 Å². The standard InChI is InChI=1S/C19H23N5O4/c1-5-23(6-2)17(26)14-7-9-15(10-8-14)24(12-25)19(27)22-18-20-13(3)11-16(21-18)28-4/h7-12H,5-6H2,1-4H3,(H,20,21,22,27). The number of nitrogens with zero attached hydrogens (tertiary/aromatic N) is 4. The molecule has 9 nitrogen and oxygen atoms in total. The van der Waals surface area contributed by atoms with E-state index in [9.17, 15) is 14.4 Å². The van der Waals surface area contributed by atoms with E-state index in [4.69, 9.17) is 4.74 Å². The van der Waals surface area contributed by atoms with Crippen LogP contribution in [0.5, 0.6) is 5.88 Å². The summed E-state index contributed by atoms with van der Waals surface area (Å²) in [6, 6.07) is 7.09. The summed E-state index contributed by atoms with van der Waals surface area (Å²) in [5.41, 5.74) is 1.38. The van der Waals surface area contributed by atoms with Gasteiger partial charge in [-0.05, 0) is 45.0 Å². The van der Waals surface area contributed by atoms with E-state index in [0.717, 1.165) is 4.90 Å². The molecule has 0 bridgehead atoms. The van der Waals surface area contributed by atoms with Gasteiger partial charge in [-0.3, -0.25) is 14.9 Å². The Labute approximate surface area is 163 Å². The van der Waals surface area contributed by atoms with Crippen LogP contribution in [0.3, 0.4) is 0 Å². The molecule has 28 heavy (non-hydrogen) atoms. The molecule has 2 rings (SSSR count). The first-order valence-corrected chi connectivity index (χ1v) is 8.78. The van der Waals surface area contributed by atoms with Gasteiger partial charge < -0.3 is 9.64 Å². The lowest BCUT2D eigenvalue weighted by atomic mass is 10.1. The van der Waals surface area contributed by atoms with Gasteiger partial charge in [0.05, 0.1) is 12.8 Å². The number of carbonyl (C=O) groups excluding carboxylic acids is 3. The maximum absolute atomic E-state index is 12.5. The molecule has 0 aliphatic carbocycles. The monoisotopic (exact) mass is 385 g/mol. The zero-order valence-corrected chi connectivity index (χ0v) is 16.3. The molecule has 0 saturated heterocycles. The molecule has 0 aliphatic rings. The molecule has 0 fully saturated rings. The van der Waals surface area contributed by atoms with Crippen molar-refractivity contribution in [2.75, 3.05) is 30.4 Å². The average molecular weight is 385 g/mol. The minimum Gasteiger partial charge on any atom is -0.481 e. The molecule has 1 heterocycles. The zero-order valence-electron chi connectivity index (χ0n) is 16.3. The highest BCUT2D eigenvalue weighted by Gasteiger charge is 2.18. The Morgan fingerprint density at radius 3 is 2.32 bits per heavy atom. The summed E-state index contributed by atoms with van der Waals surface area (Å²) in [5, 5.41) is 2.46. The van der Waals surface area contributed by atoms with Crippen molar-refractivity contribution in [3.63, 3.8) is 0 Å². The van der Waals surface area contributed by atoms with Crippen molar-refractivity contribution in [1.29, 1.82) is 0 Å². The Hall–Kier alpha value is -3.49. The number of ether oxygens (including phenoxy) is 1. The number of rotatable bonds is 7. The fourth-order valence-corrected chi connectivity index (χ4v) is 2.54. The third-order valence-electron chi connectivity index (χ3n) is 4.03. The van der Waals surface area contributed by atoms with Gasteiger partial charge in [-0.25, -0.2) is 14.7 Å². The molecule has 4 amide bonds. The van der Waals surface area contributed by atoms with Crippen molar-refractivity contribution in [2.24, 2.45) is 0 Å². The van der Waals surface area contributed by atoms with E-state index in [2.05, 4.69) is 15.3 Å². The van der Waals surface area contributed by atoms with E-state index in [1.165, 1.54) is 19.2 Å². The predicted octanol–water partition coefficient (Wildman–Crippen LogP) is 2.47. The molecule has 0 radical (unpaired) electrons. The predicted molar refractivity (Wildman–Crippen MR) is 105 cm³/mol. The number of methoxy groups -OCH3 is 1. The summed E-state index contributed by atoms with van der Waals surface area (Å²) >= 11 is 0. The fraction of sp³-hybridized carbons (Fsp3) is 0.316. The summed E-state index contributed by atoms with van der Waals surface area (Å²) < 4.78 is 5.04. The van der Waals surface area contributed by atoms with E-state index in [1.807, 2.05) is 13.8 Å². The normalized spacial score (nSPS) is 10.1. The van der Waals surface area contributed by atoms with Crippen molar-refractivity contribution in [1.82, 2.24) is 14.9 Å². The summed E-state index contributed by atoms with van der Waals surface area (Å²) in [7, 11) is 1.45. The molecule has 1 aromatic heterocycles. The Kier molecular flexibility index (Phi) is 7.02. The van der Waals surface area contributed by atoms with Crippen LogP contribution in [0.1, 0.15) is 29.9 Å². The molecular weight excluding hydrogens is 362 g/mol. The quantitative estimate of drug-likeness (QED) is 0.734. The number of carbonyl (C=O) groups is 3. The molecule has 1 N–H and O–H groups in total. The van der Waals surface area contributed by atoms with Gasteiger partial charge in [-0.15, -0.1) is 0 Å². The van der Waals surface area contributed by atoms with Crippen LogP contribution in [0.4, 0.5) is 16.4 Å². The number of hydrogen-bond acceptors (Lipinski definition) is 6. The van der Waals surface area contributed by atoms with Gasteiger partial charge in [-0.2, -0.15) is 4.98 Å². The highest BCUT2D eigenvalue weighted by atomic mass is 16.5. The lowest BCUT2D eigenvalue weighted by molar-refractivity contribution is -0.106. The summed E-state index contributed by atoms with van der Waals surface area (Å²) in [6.45, 7) is 6.72. The van der Waals surface area contributed by atoms with Gasteiger partial charge in [0.15, 0.2) is 0 Å². The largest absolute Gasteiger partial charge is 0.481 e. The first-order chi connectivity index (χ1) is 13.4. The van der Waals surface area contributed by atoms with Crippen LogP contribution in [-0.2, 0) is 4.79 Å². The number of aromatic nitrogens is 2. The van der Waals surface area contributed by atoms with E-state index < -0.39 is 6.03 Å². The number of imide groups is 1. The van der Waals surface area contributed by atoms with Gasteiger partial charge in [0.2, 0.25) is 18.2 Å². The van der Waals surface area contributed by atoms with Crippen molar-refractivity contribution < 1.29 is 19.1 Å². The first-order valence-electron chi connectivity index (χ1n) is 8.78. The average Bonchev–Trinajstić information content (AvgIpc) is 2.69. The van der Waals surface area contributed by atoms with Crippen LogP contribution in [0, 0.1) is 6.92 Å². The maximum Gasteiger partial charge on any atom is 0.335 e. The van der Waals surface area contributed by atoms with Gasteiger partial charge in [0.25, 0.3) is 5.91 Å². The Balaban J connectivity index is 2.18. The molecule has 9 heteroatoms. The molecule has 0 aliphatic heterocycles. The highest BCUT2D eigenvalue weighted by Crippen LogP contribution is 2.17. The third kappa shape index (κ3) is 4.81. The first kappa shape index (κ1) is 20.8. The highest BCUT2D eigenvalue weighted by molar-refractivity contribution is 6.11. The molecule has 0 spiro atoms. The Morgan fingerprint density at radius 1 is 1.14 bits per heavy atom. The van der Waals surface area contributed by atoms with Crippen molar-refractivity contribution in [3.8, 4) is 5.88 Å².